The lowest BCUT2D eigenvalue weighted by atomic mass is 9.86. The van der Waals surface area contributed by atoms with Gasteiger partial charge in [-0.3, -0.25) is 0 Å². The van der Waals surface area contributed by atoms with Crippen LogP contribution in [0.1, 0.15) is 158 Å². The molecule has 0 amide bonds. The van der Waals surface area contributed by atoms with E-state index in [0.29, 0.717) is 0 Å². The van der Waals surface area contributed by atoms with Gasteiger partial charge in [-0.25, -0.2) is 0 Å². The molecule has 0 saturated heterocycles. The lowest BCUT2D eigenvalue weighted by Crippen LogP contribution is -2.14. The zero-order valence-electron chi connectivity index (χ0n) is 52.0. The fraction of sp³-hybridized carbons (Fsp3) is 0.308. The summed E-state index contributed by atoms with van der Waals surface area (Å²) >= 11 is 0. The Morgan fingerprint density at radius 2 is 0.500 bits per heavy atom. The summed E-state index contributed by atoms with van der Waals surface area (Å²) < 4.78 is 5.21. The molecule has 0 aliphatic rings. The van der Waals surface area contributed by atoms with Crippen LogP contribution in [0.25, 0.3) is 76.2 Å². The monoisotopic (exact) mass is 1070 g/mol. The van der Waals surface area contributed by atoms with Crippen molar-refractivity contribution in [3.63, 3.8) is 0 Å². The van der Waals surface area contributed by atoms with Gasteiger partial charge in [0.05, 0.1) is 44.5 Å². The third-order valence-corrected chi connectivity index (χ3v) is 18.1. The molecule has 0 bridgehead atoms. The van der Waals surface area contributed by atoms with Crippen molar-refractivity contribution in [1.82, 2.24) is 8.80 Å². The first-order valence-electron chi connectivity index (χ1n) is 29.9. The van der Waals surface area contributed by atoms with E-state index >= 15 is 0 Å². The van der Waals surface area contributed by atoms with Crippen molar-refractivity contribution in [2.75, 3.05) is 9.80 Å². The number of nitrogens with zero attached hydrogens (tertiary/aromatic N) is 4. The van der Waals surface area contributed by atoms with E-state index in [-0.39, 0.29) is 32.5 Å². The number of rotatable bonds is 6. The molecule has 13 rings (SSSR count). The Morgan fingerprint density at radius 3 is 0.768 bits per heavy atom. The smallest absolute Gasteiger partial charge is 0.0641 e. The molecule has 414 valence electrons. The largest absolute Gasteiger partial charge is 0.310 e. The van der Waals surface area contributed by atoms with Crippen LogP contribution in [0.2, 0.25) is 0 Å². The fourth-order valence-corrected chi connectivity index (χ4v) is 13.2. The number of aromatic nitrogens is 2. The zero-order valence-corrected chi connectivity index (χ0v) is 52.0. The second kappa shape index (κ2) is 17.8. The zero-order chi connectivity index (χ0) is 58.1. The molecule has 0 N–H and O–H groups in total. The van der Waals surface area contributed by atoms with Crippen LogP contribution in [0.5, 0.6) is 0 Å². The Labute approximate surface area is 486 Å². The molecule has 0 saturated carbocycles. The minimum Gasteiger partial charge on any atom is -0.310 e. The van der Waals surface area contributed by atoms with E-state index in [1.807, 2.05) is 0 Å². The minimum atomic E-state index is -0.0475. The van der Waals surface area contributed by atoms with Crippen LogP contribution in [0.3, 0.4) is 0 Å². The molecule has 9 aromatic carbocycles. The topological polar surface area (TPSA) is 15.3 Å². The lowest BCUT2D eigenvalue weighted by Gasteiger charge is -2.29. The highest BCUT2D eigenvalue weighted by atomic mass is 15.2. The molecule has 0 spiro atoms. The normalized spacial score (nSPS) is 13.5. The van der Waals surface area contributed by atoms with Crippen LogP contribution in [0.15, 0.2) is 170 Å². The predicted molar refractivity (Wildman–Crippen MR) is 357 cm³/mol. The molecule has 0 aliphatic carbocycles. The summed E-state index contributed by atoms with van der Waals surface area (Å²) in [4.78, 5) is 5.02. The second-order valence-electron chi connectivity index (χ2n) is 30.1. The molecule has 4 heteroatoms. The van der Waals surface area contributed by atoms with Gasteiger partial charge >= 0.3 is 0 Å². The Balaban J connectivity index is 1.12. The van der Waals surface area contributed by atoms with Gasteiger partial charge in [0.25, 0.3) is 0 Å². The Morgan fingerprint density at radius 1 is 0.232 bits per heavy atom. The van der Waals surface area contributed by atoms with Gasteiger partial charge in [0.2, 0.25) is 0 Å². The second-order valence-corrected chi connectivity index (χ2v) is 30.1. The van der Waals surface area contributed by atoms with Gasteiger partial charge in [0.1, 0.15) is 0 Å². The average molecular weight is 1080 g/mol. The summed E-state index contributed by atoms with van der Waals surface area (Å²) in [5.74, 6) is 0. The van der Waals surface area contributed by atoms with Crippen molar-refractivity contribution in [3.8, 4) is 0 Å². The highest BCUT2D eigenvalue weighted by Gasteiger charge is 2.31. The summed E-state index contributed by atoms with van der Waals surface area (Å²) in [5, 5.41) is 10.2. The van der Waals surface area contributed by atoms with Crippen molar-refractivity contribution in [3.05, 3.63) is 203 Å². The van der Waals surface area contributed by atoms with Crippen molar-refractivity contribution in [2.45, 2.75) is 157 Å². The number of hydrogen-bond donors (Lipinski definition) is 0. The van der Waals surface area contributed by atoms with Crippen LogP contribution in [0.4, 0.5) is 34.1 Å². The molecular weight excluding hydrogens is 993 g/mol. The summed E-state index contributed by atoms with van der Waals surface area (Å²) in [5.41, 5.74) is 22.3. The highest BCUT2D eigenvalue weighted by Crippen LogP contribution is 2.52. The van der Waals surface area contributed by atoms with Gasteiger partial charge in [-0.05, 0) is 163 Å². The van der Waals surface area contributed by atoms with Gasteiger partial charge in [0, 0.05) is 65.8 Å². The predicted octanol–water partition coefficient (Wildman–Crippen LogP) is 22.7. The molecular formula is C78H82N4. The average Bonchev–Trinajstić information content (AvgIpc) is 1.75. The third-order valence-electron chi connectivity index (χ3n) is 18.1. The first kappa shape index (κ1) is 53.5. The van der Waals surface area contributed by atoms with Crippen molar-refractivity contribution >= 4 is 110 Å². The molecule has 0 radical (unpaired) electrons. The first-order valence-corrected chi connectivity index (χ1v) is 29.9. The van der Waals surface area contributed by atoms with Gasteiger partial charge in [-0.2, -0.15) is 0 Å². The van der Waals surface area contributed by atoms with E-state index in [4.69, 9.17) is 0 Å². The van der Waals surface area contributed by atoms with E-state index in [9.17, 15) is 0 Å². The highest BCUT2D eigenvalue weighted by molar-refractivity contribution is 6.32. The Kier molecular flexibility index (Phi) is 11.6. The van der Waals surface area contributed by atoms with Gasteiger partial charge < -0.3 is 18.6 Å². The van der Waals surface area contributed by atoms with Crippen molar-refractivity contribution < 1.29 is 0 Å². The molecule has 4 heterocycles. The number of anilines is 6. The molecule has 0 atom stereocenters. The number of fused-ring (bicyclic) bond motifs is 12. The molecule has 4 aromatic heterocycles. The van der Waals surface area contributed by atoms with Gasteiger partial charge in [0.15, 0.2) is 0 Å². The number of benzene rings is 9. The maximum absolute atomic E-state index is 2.61. The van der Waals surface area contributed by atoms with Crippen molar-refractivity contribution in [2.24, 2.45) is 0 Å². The maximum atomic E-state index is 2.61. The van der Waals surface area contributed by atoms with Gasteiger partial charge in [-0.15, -0.1) is 0 Å². The molecule has 13 aromatic rings. The third kappa shape index (κ3) is 8.44. The maximum Gasteiger partial charge on any atom is 0.0641 e. The summed E-state index contributed by atoms with van der Waals surface area (Å²) in [6, 6.07) is 66.5. The van der Waals surface area contributed by atoms with Crippen LogP contribution in [0, 0.1) is 0 Å². The lowest BCUT2D eigenvalue weighted by molar-refractivity contribution is 0.590. The molecule has 0 aliphatic heterocycles. The molecule has 82 heavy (non-hydrogen) atoms. The minimum absolute atomic E-state index is 0.0310. The van der Waals surface area contributed by atoms with E-state index in [1.165, 1.54) is 121 Å². The van der Waals surface area contributed by atoms with E-state index < -0.39 is 0 Å². The van der Waals surface area contributed by atoms with Crippen LogP contribution >= 0.6 is 0 Å². The molecule has 4 nitrogen and oxygen atoms in total. The quantitative estimate of drug-likeness (QED) is 0.165. The summed E-state index contributed by atoms with van der Waals surface area (Å²) in [7, 11) is 0. The van der Waals surface area contributed by atoms with Crippen LogP contribution < -0.4 is 9.80 Å². The van der Waals surface area contributed by atoms with Crippen molar-refractivity contribution in [1.29, 1.82) is 0 Å². The Hall–Kier alpha value is -7.82. The van der Waals surface area contributed by atoms with Crippen LogP contribution in [-0.2, 0) is 32.5 Å². The van der Waals surface area contributed by atoms with E-state index in [1.54, 1.807) is 0 Å². The fourth-order valence-electron chi connectivity index (χ4n) is 13.2. The Bertz CT molecular complexity index is 4210. The summed E-state index contributed by atoms with van der Waals surface area (Å²) in [6.45, 7) is 41.6. The van der Waals surface area contributed by atoms with E-state index in [2.05, 4.69) is 313 Å². The van der Waals surface area contributed by atoms with E-state index in [0.717, 1.165) is 22.7 Å². The SMILES string of the molecule is CC(C)(C)c1ccc(N(c2ccc(C(C)(C)C)cc2)c2ccc3c4cc5c6ccc(N(c7ccc(C(C)(C)C)cc7)c7ccc(C(C)(C)C)cc7)c7c8cc(C(C)(C)C)ccc8n(c5cc4n4c5ccc(C(C)(C)C)cc5c2c34)c67)cc1. The molecule has 0 fully saturated rings. The number of hydrogen-bond acceptors (Lipinski definition) is 2. The first-order chi connectivity index (χ1) is 38.5. The molecule has 0 unspecified atom stereocenters. The van der Waals surface area contributed by atoms with Gasteiger partial charge in [-0.1, -0.05) is 197 Å². The summed E-state index contributed by atoms with van der Waals surface area (Å²) in [6.07, 6.45) is 0. The van der Waals surface area contributed by atoms with Crippen LogP contribution in [-0.4, -0.2) is 8.80 Å². The standard InChI is InChI=1S/C78H82N4/c1-73(2,3)47-19-29-53(30-20-47)79(54-31-21-48(22-32-54)74(4,5)6)65-41-37-57-59-45-60-58-38-42-66(80(55-33-23-49(24-34-55)75(7,8)9)56-35-25-50(26-36-56)76(10,11)12)70-62-44-52(78(16,17)18)28-40-64(62)82(72(58)70)68(60)46-67(59)81-63-39-27-51(77(13,14)15)43-61(63)69(65)71(57)81/h19-46H,1-18H3.